The summed E-state index contributed by atoms with van der Waals surface area (Å²) < 4.78 is 11.0. The number of hydrogen-bond acceptors (Lipinski definition) is 3. The number of carbonyl (C=O) groups is 1. The third-order valence-electron chi connectivity index (χ3n) is 3.44. The van der Waals surface area contributed by atoms with E-state index in [-0.39, 0.29) is 12.0 Å². The normalized spacial score (nSPS) is 10.9. The Hall–Kier alpha value is -2.75. The maximum atomic E-state index is 12.3. The van der Waals surface area contributed by atoms with E-state index in [0.717, 1.165) is 11.3 Å². The molecule has 24 heavy (non-hydrogen) atoms. The zero-order valence-corrected chi connectivity index (χ0v) is 14.5. The summed E-state index contributed by atoms with van der Waals surface area (Å²) >= 11 is 0. The van der Waals surface area contributed by atoms with Crippen LogP contribution in [0.2, 0.25) is 0 Å². The van der Waals surface area contributed by atoms with Gasteiger partial charge in [-0.25, -0.2) is 0 Å². The number of para-hydroxylation sites is 1. The Kier molecular flexibility index (Phi) is 6.01. The van der Waals surface area contributed by atoms with Crippen LogP contribution < -0.4 is 14.4 Å². The monoisotopic (exact) mass is 325 g/mol. The second-order valence-corrected chi connectivity index (χ2v) is 5.64. The van der Waals surface area contributed by atoms with Gasteiger partial charge in [0.25, 0.3) is 5.91 Å². The van der Waals surface area contributed by atoms with Crippen LogP contribution in [0.1, 0.15) is 19.4 Å². The average molecular weight is 325 g/mol. The van der Waals surface area contributed by atoms with Crippen molar-refractivity contribution in [3.8, 4) is 11.5 Å². The van der Waals surface area contributed by atoms with Crippen molar-refractivity contribution >= 4 is 17.7 Å². The molecule has 0 N–H and O–H groups in total. The summed E-state index contributed by atoms with van der Waals surface area (Å²) in [5.41, 5.74) is 1.73. The third-order valence-corrected chi connectivity index (χ3v) is 3.44. The highest BCUT2D eigenvalue weighted by atomic mass is 16.5. The molecule has 1 amide bonds. The molecule has 0 radical (unpaired) electrons. The summed E-state index contributed by atoms with van der Waals surface area (Å²) in [5.74, 6) is 1.25. The van der Waals surface area contributed by atoms with Crippen molar-refractivity contribution < 1.29 is 14.3 Å². The maximum Gasteiger partial charge on any atom is 0.250 e. The molecule has 0 aromatic heterocycles. The van der Waals surface area contributed by atoms with Gasteiger partial charge < -0.3 is 14.4 Å². The second-order valence-electron chi connectivity index (χ2n) is 5.64. The van der Waals surface area contributed by atoms with Crippen LogP contribution in [0.3, 0.4) is 0 Å². The van der Waals surface area contributed by atoms with Crippen LogP contribution in [0.15, 0.2) is 54.6 Å². The molecule has 0 unspecified atom stereocenters. The average Bonchev–Trinajstić information content (AvgIpc) is 2.60. The van der Waals surface area contributed by atoms with Crippen molar-refractivity contribution in [1.82, 2.24) is 0 Å². The lowest BCUT2D eigenvalue weighted by Gasteiger charge is -2.15. The van der Waals surface area contributed by atoms with Crippen LogP contribution in [-0.2, 0) is 4.79 Å². The molecule has 0 aliphatic carbocycles. The van der Waals surface area contributed by atoms with E-state index in [0.29, 0.717) is 11.5 Å². The SMILES string of the molecule is COc1cc(C=CC(=O)N(C)c2ccccc2)ccc1OC(C)C. The highest BCUT2D eigenvalue weighted by Crippen LogP contribution is 2.29. The highest BCUT2D eigenvalue weighted by Gasteiger charge is 2.08. The molecule has 2 aromatic rings. The Morgan fingerprint density at radius 1 is 1.08 bits per heavy atom. The van der Waals surface area contributed by atoms with E-state index in [1.807, 2.05) is 62.4 Å². The van der Waals surface area contributed by atoms with Gasteiger partial charge in [0.2, 0.25) is 0 Å². The molecule has 2 rings (SSSR count). The molecule has 0 atom stereocenters. The summed E-state index contributed by atoms with van der Waals surface area (Å²) in [6.45, 7) is 3.93. The first-order chi connectivity index (χ1) is 11.5. The first kappa shape index (κ1) is 17.6. The Morgan fingerprint density at radius 2 is 1.79 bits per heavy atom. The Labute approximate surface area is 143 Å². The summed E-state index contributed by atoms with van der Waals surface area (Å²) in [4.78, 5) is 13.9. The Bertz CT molecular complexity index is 708. The predicted octanol–water partition coefficient (Wildman–Crippen LogP) is 4.16. The van der Waals surface area contributed by atoms with E-state index in [9.17, 15) is 4.79 Å². The van der Waals surface area contributed by atoms with Gasteiger partial charge in [-0.15, -0.1) is 0 Å². The number of nitrogens with zero attached hydrogens (tertiary/aromatic N) is 1. The highest BCUT2D eigenvalue weighted by molar-refractivity contribution is 6.03. The first-order valence-electron chi connectivity index (χ1n) is 7.86. The van der Waals surface area contributed by atoms with Gasteiger partial charge in [-0.3, -0.25) is 4.79 Å². The van der Waals surface area contributed by atoms with E-state index in [1.165, 1.54) is 0 Å². The number of anilines is 1. The number of carbonyl (C=O) groups excluding carboxylic acids is 1. The zero-order valence-electron chi connectivity index (χ0n) is 14.5. The molecule has 0 heterocycles. The van der Waals surface area contributed by atoms with Crippen LogP contribution in [0.4, 0.5) is 5.69 Å². The lowest BCUT2D eigenvalue weighted by Crippen LogP contribution is -2.23. The minimum atomic E-state index is -0.0947. The van der Waals surface area contributed by atoms with Crippen molar-refractivity contribution in [1.29, 1.82) is 0 Å². The van der Waals surface area contributed by atoms with E-state index < -0.39 is 0 Å². The molecule has 0 aliphatic heterocycles. The largest absolute Gasteiger partial charge is 0.493 e. The van der Waals surface area contributed by atoms with Crippen LogP contribution in [0.25, 0.3) is 6.08 Å². The third kappa shape index (κ3) is 4.62. The minimum absolute atomic E-state index is 0.0707. The second kappa shape index (κ2) is 8.20. The smallest absolute Gasteiger partial charge is 0.250 e. The number of ether oxygens (including phenoxy) is 2. The molecule has 0 aliphatic rings. The molecule has 0 saturated heterocycles. The molecule has 2 aromatic carbocycles. The number of likely N-dealkylation sites (N-methyl/N-ethyl adjacent to an activating group) is 1. The summed E-state index contributed by atoms with van der Waals surface area (Å²) in [6, 6.07) is 15.1. The lowest BCUT2D eigenvalue weighted by molar-refractivity contribution is -0.113. The van der Waals surface area contributed by atoms with Gasteiger partial charge in [-0.2, -0.15) is 0 Å². The van der Waals surface area contributed by atoms with Gasteiger partial charge in [-0.1, -0.05) is 24.3 Å². The quantitative estimate of drug-likeness (QED) is 0.749. The molecule has 0 bridgehead atoms. The number of methoxy groups -OCH3 is 1. The van der Waals surface area contributed by atoms with E-state index >= 15 is 0 Å². The van der Waals surface area contributed by atoms with Gasteiger partial charge >= 0.3 is 0 Å². The standard InChI is InChI=1S/C20H23NO3/c1-15(2)24-18-12-10-16(14-19(18)23-4)11-13-20(22)21(3)17-8-6-5-7-9-17/h5-15H,1-4H3. The van der Waals surface area contributed by atoms with Gasteiger partial charge in [0.15, 0.2) is 11.5 Å². The van der Waals surface area contributed by atoms with Crippen molar-refractivity contribution in [2.24, 2.45) is 0 Å². The van der Waals surface area contributed by atoms with E-state index in [2.05, 4.69) is 0 Å². The first-order valence-corrected chi connectivity index (χ1v) is 7.86. The molecule has 4 nitrogen and oxygen atoms in total. The molecular weight excluding hydrogens is 302 g/mol. The topological polar surface area (TPSA) is 38.8 Å². The molecule has 0 spiro atoms. The van der Waals surface area contributed by atoms with Gasteiger partial charge in [0.05, 0.1) is 13.2 Å². The van der Waals surface area contributed by atoms with Crippen molar-refractivity contribution in [2.45, 2.75) is 20.0 Å². The van der Waals surface area contributed by atoms with E-state index in [4.69, 9.17) is 9.47 Å². The fourth-order valence-electron chi connectivity index (χ4n) is 2.20. The van der Waals surface area contributed by atoms with Crippen LogP contribution in [0, 0.1) is 0 Å². The molecule has 126 valence electrons. The number of benzene rings is 2. The summed E-state index contributed by atoms with van der Waals surface area (Å²) in [6.07, 6.45) is 3.38. The summed E-state index contributed by atoms with van der Waals surface area (Å²) in [7, 11) is 3.35. The van der Waals surface area contributed by atoms with Gasteiger partial charge in [-0.05, 0) is 49.8 Å². The van der Waals surface area contributed by atoms with Crippen molar-refractivity contribution in [3.05, 3.63) is 60.2 Å². The number of hydrogen-bond donors (Lipinski definition) is 0. The van der Waals surface area contributed by atoms with Crippen LogP contribution in [-0.4, -0.2) is 26.2 Å². The molecular formula is C20H23NO3. The number of rotatable bonds is 6. The van der Waals surface area contributed by atoms with E-state index in [1.54, 1.807) is 31.2 Å². The zero-order chi connectivity index (χ0) is 17.5. The van der Waals surface area contributed by atoms with Crippen molar-refractivity contribution in [2.75, 3.05) is 19.1 Å². The van der Waals surface area contributed by atoms with Gasteiger partial charge in [0, 0.05) is 18.8 Å². The Balaban J connectivity index is 2.12. The molecule has 0 fully saturated rings. The minimum Gasteiger partial charge on any atom is -0.493 e. The lowest BCUT2D eigenvalue weighted by atomic mass is 10.2. The predicted molar refractivity (Wildman–Crippen MR) is 97.6 cm³/mol. The number of amides is 1. The molecule has 4 heteroatoms. The fraction of sp³-hybridized carbons (Fsp3) is 0.250. The maximum absolute atomic E-state index is 12.3. The fourth-order valence-corrected chi connectivity index (χ4v) is 2.20. The summed E-state index contributed by atoms with van der Waals surface area (Å²) in [5, 5.41) is 0. The van der Waals surface area contributed by atoms with Crippen LogP contribution >= 0.6 is 0 Å². The van der Waals surface area contributed by atoms with Crippen molar-refractivity contribution in [3.63, 3.8) is 0 Å². The Morgan fingerprint density at radius 3 is 2.42 bits per heavy atom. The van der Waals surface area contributed by atoms with Crippen LogP contribution in [0.5, 0.6) is 11.5 Å². The molecule has 0 saturated carbocycles. The van der Waals surface area contributed by atoms with Gasteiger partial charge in [0.1, 0.15) is 0 Å².